The third kappa shape index (κ3) is 5.04. The van der Waals surface area contributed by atoms with E-state index in [1.165, 1.54) is 19.3 Å². The molecule has 2 nitrogen and oxygen atoms in total. The van der Waals surface area contributed by atoms with Crippen LogP contribution in [0.2, 0.25) is 0 Å². The van der Waals surface area contributed by atoms with E-state index in [0.717, 1.165) is 29.7 Å². The summed E-state index contributed by atoms with van der Waals surface area (Å²) in [5, 5.41) is 9.75. The van der Waals surface area contributed by atoms with E-state index in [2.05, 4.69) is 6.07 Å². The molecule has 0 saturated heterocycles. The van der Waals surface area contributed by atoms with Gasteiger partial charge in [-0.1, -0.05) is 92.1 Å². The fourth-order valence-corrected chi connectivity index (χ4v) is 3.28. The van der Waals surface area contributed by atoms with Gasteiger partial charge in [0.1, 0.15) is 6.07 Å². The second kappa shape index (κ2) is 9.53. The molecular weight excluding hydrogens is 316 g/mol. The minimum Gasteiger partial charge on any atom is -0.280 e. The Morgan fingerprint density at radius 1 is 0.923 bits per heavy atom. The Morgan fingerprint density at radius 2 is 1.58 bits per heavy atom. The summed E-state index contributed by atoms with van der Waals surface area (Å²) < 4.78 is 0. The van der Waals surface area contributed by atoms with Gasteiger partial charge in [0, 0.05) is 5.56 Å². The van der Waals surface area contributed by atoms with Gasteiger partial charge in [0.25, 0.3) is 0 Å². The summed E-state index contributed by atoms with van der Waals surface area (Å²) in [6, 6.07) is 22.9. The molecule has 1 fully saturated rings. The van der Waals surface area contributed by atoms with E-state index >= 15 is 0 Å². The summed E-state index contributed by atoms with van der Waals surface area (Å²) in [5.41, 5.74) is 3.57. The molecule has 2 heteroatoms. The molecule has 0 bridgehead atoms. The summed E-state index contributed by atoms with van der Waals surface area (Å²) in [5.74, 6) is 0. The number of hydrogen-bond donors (Lipinski definition) is 0. The van der Waals surface area contributed by atoms with Crippen LogP contribution in [0, 0.1) is 11.3 Å². The van der Waals surface area contributed by atoms with Gasteiger partial charge in [-0.15, -0.1) is 0 Å². The highest BCUT2D eigenvalue weighted by Crippen LogP contribution is 2.22. The quantitative estimate of drug-likeness (QED) is 0.375. The summed E-state index contributed by atoms with van der Waals surface area (Å²) in [6.45, 7) is 0. The van der Waals surface area contributed by atoms with Crippen LogP contribution in [0.25, 0.3) is 6.08 Å². The van der Waals surface area contributed by atoms with Crippen molar-refractivity contribution < 1.29 is 0 Å². The van der Waals surface area contributed by atoms with Gasteiger partial charge in [-0.25, -0.2) is 0 Å². The van der Waals surface area contributed by atoms with Crippen molar-refractivity contribution in [3.63, 3.8) is 0 Å². The van der Waals surface area contributed by atoms with E-state index in [4.69, 9.17) is 4.99 Å². The van der Waals surface area contributed by atoms with Crippen molar-refractivity contribution >= 4 is 11.8 Å². The molecule has 1 aliphatic carbocycles. The van der Waals surface area contributed by atoms with E-state index < -0.39 is 0 Å². The first-order valence-electron chi connectivity index (χ1n) is 9.34. The van der Waals surface area contributed by atoms with Crippen molar-refractivity contribution in [3.8, 4) is 6.07 Å². The van der Waals surface area contributed by atoms with Crippen molar-refractivity contribution in [2.45, 2.75) is 38.1 Å². The molecule has 3 rings (SSSR count). The average molecular weight is 340 g/mol. The van der Waals surface area contributed by atoms with Crippen molar-refractivity contribution in [2.75, 3.05) is 0 Å². The molecule has 0 unspecified atom stereocenters. The maximum Gasteiger partial charge on any atom is 0.101 e. The predicted molar refractivity (Wildman–Crippen MR) is 109 cm³/mol. The highest BCUT2D eigenvalue weighted by Gasteiger charge is 2.16. The molecule has 0 aromatic heterocycles. The highest BCUT2D eigenvalue weighted by atomic mass is 14.8. The summed E-state index contributed by atoms with van der Waals surface area (Å²) in [4.78, 5) is 4.99. The molecule has 2 aromatic carbocycles. The Morgan fingerprint density at radius 3 is 2.23 bits per heavy atom. The number of benzene rings is 2. The number of allylic oxidation sites excluding steroid dienone is 3. The van der Waals surface area contributed by atoms with E-state index in [9.17, 15) is 5.26 Å². The molecule has 2 aromatic rings. The van der Waals surface area contributed by atoms with Crippen LogP contribution in [0.5, 0.6) is 0 Å². The van der Waals surface area contributed by atoms with Crippen LogP contribution in [0.3, 0.4) is 0 Å². The number of hydrogen-bond acceptors (Lipinski definition) is 2. The van der Waals surface area contributed by atoms with Crippen LogP contribution in [-0.2, 0) is 0 Å². The average Bonchev–Trinajstić information content (AvgIpc) is 2.72. The highest BCUT2D eigenvalue weighted by molar-refractivity contribution is 6.15. The number of nitriles is 1. The molecule has 1 saturated carbocycles. The fraction of sp³-hybridized carbons (Fsp3) is 0.250. The molecule has 0 heterocycles. The van der Waals surface area contributed by atoms with Crippen molar-refractivity contribution in [1.82, 2.24) is 0 Å². The smallest absolute Gasteiger partial charge is 0.101 e. The minimum absolute atomic E-state index is 0.328. The minimum atomic E-state index is 0.328. The van der Waals surface area contributed by atoms with Gasteiger partial charge >= 0.3 is 0 Å². The fourth-order valence-electron chi connectivity index (χ4n) is 3.28. The van der Waals surface area contributed by atoms with E-state index in [-0.39, 0.29) is 0 Å². The van der Waals surface area contributed by atoms with Crippen LogP contribution >= 0.6 is 0 Å². The van der Waals surface area contributed by atoms with Gasteiger partial charge in [-0.2, -0.15) is 5.26 Å². The summed E-state index contributed by atoms with van der Waals surface area (Å²) in [6.07, 6.45) is 11.8. The summed E-state index contributed by atoms with van der Waals surface area (Å²) in [7, 11) is 0. The van der Waals surface area contributed by atoms with Gasteiger partial charge in [0.2, 0.25) is 0 Å². The van der Waals surface area contributed by atoms with Gasteiger partial charge < -0.3 is 0 Å². The Kier molecular flexibility index (Phi) is 6.56. The van der Waals surface area contributed by atoms with Crippen molar-refractivity contribution in [3.05, 3.63) is 89.5 Å². The molecule has 0 amide bonds. The van der Waals surface area contributed by atoms with E-state index in [1.54, 1.807) is 0 Å². The topological polar surface area (TPSA) is 36.1 Å². The first-order chi connectivity index (χ1) is 12.9. The van der Waals surface area contributed by atoms with Gasteiger partial charge in [0.15, 0.2) is 0 Å². The Bertz CT molecular complexity index is 818. The first kappa shape index (κ1) is 17.9. The molecular formula is C24H24N2. The van der Waals surface area contributed by atoms with E-state index in [1.807, 2.05) is 78.9 Å². The third-order valence-corrected chi connectivity index (χ3v) is 4.66. The predicted octanol–water partition coefficient (Wildman–Crippen LogP) is 5.97. The standard InChI is InChI=1S/C24H24N2/c25-19-22(16-10-13-20-11-4-1-5-12-20)24(21-14-6-2-7-15-21)26-23-17-8-3-9-18-23/h1-2,4-7,10-16,23H,3,8-9,17-18H2/b13-10+,22-16-,26-24?. The van der Waals surface area contributed by atoms with Crippen molar-refractivity contribution in [1.29, 1.82) is 5.26 Å². The molecule has 0 radical (unpaired) electrons. The lowest BCUT2D eigenvalue weighted by Gasteiger charge is -2.19. The molecule has 0 spiro atoms. The molecule has 0 atom stereocenters. The lowest BCUT2D eigenvalue weighted by Crippen LogP contribution is -2.15. The molecule has 0 N–H and O–H groups in total. The maximum absolute atomic E-state index is 9.75. The van der Waals surface area contributed by atoms with Crippen LogP contribution in [0.15, 0.2) is 83.4 Å². The van der Waals surface area contributed by atoms with Gasteiger partial charge in [-0.05, 0) is 24.5 Å². The molecule has 0 aliphatic heterocycles. The van der Waals surface area contributed by atoms with Crippen LogP contribution in [-0.4, -0.2) is 11.8 Å². The third-order valence-electron chi connectivity index (χ3n) is 4.66. The van der Waals surface area contributed by atoms with Crippen molar-refractivity contribution in [2.24, 2.45) is 4.99 Å². The van der Waals surface area contributed by atoms with Crippen LogP contribution in [0.4, 0.5) is 0 Å². The van der Waals surface area contributed by atoms with Gasteiger partial charge in [0.05, 0.1) is 17.3 Å². The SMILES string of the molecule is N#C/C(=C/C=C/c1ccccc1)C(=NC1CCCCC1)c1ccccc1. The number of nitrogens with zero attached hydrogens (tertiary/aromatic N) is 2. The zero-order chi connectivity index (χ0) is 18.0. The Labute approximate surface area is 156 Å². The number of rotatable bonds is 5. The maximum atomic E-state index is 9.75. The molecule has 1 aliphatic rings. The number of aliphatic imine (C=N–C) groups is 1. The first-order valence-corrected chi connectivity index (χ1v) is 9.34. The zero-order valence-electron chi connectivity index (χ0n) is 15.0. The largest absolute Gasteiger partial charge is 0.280 e. The van der Waals surface area contributed by atoms with Crippen LogP contribution in [0.1, 0.15) is 43.2 Å². The van der Waals surface area contributed by atoms with Gasteiger partial charge in [-0.3, -0.25) is 4.99 Å². The second-order valence-corrected chi connectivity index (χ2v) is 6.60. The van der Waals surface area contributed by atoms with E-state index in [0.29, 0.717) is 11.6 Å². The molecule has 130 valence electrons. The lowest BCUT2D eigenvalue weighted by atomic mass is 9.94. The Balaban J connectivity index is 1.91. The zero-order valence-corrected chi connectivity index (χ0v) is 15.0. The lowest BCUT2D eigenvalue weighted by molar-refractivity contribution is 0.443. The Hall–Kier alpha value is -2.92. The van der Waals surface area contributed by atoms with Crippen LogP contribution < -0.4 is 0 Å². The normalized spacial score (nSPS) is 16.6. The summed E-state index contributed by atoms with van der Waals surface area (Å²) >= 11 is 0. The monoisotopic (exact) mass is 340 g/mol. The molecule has 26 heavy (non-hydrogen) atoms. The second-order valence-electron chi connectivity index (χ2n) is 6.60.